The molecule has 0 amide bonds. The van der Waals surface area contributed by atoms with Gasteiger partial charge in [-0.05, 0) is 36.6 Å². The number of carboxylic acids is 1. The number of carbonyl (C=O) groups is 1. The van der Waals surface area contributed by atoms with Crippen LogP contribution in [0.1, 0.15) is 24.8 Å². The van der Waals surface area contributed by atoms with Gasteiger partial charge in [0.1, 0.15) is 29.7 Å². The number of anilines is 1. The lowest BCUT2D eigenvalue weighted by molar-refractivity contribution is -0.136. The minimum atomic E-state index is -4.13. The Bertz CT molecular complexity index is 1740. The molecule has 11 heteroatoms. The van der Waals surface area contributed by atoms with Crippen molar-refractivity contribution >= 4 is 43.7 Å². The maximum absolute atomic E-state index is 12.8. The molecule has 194 valence electrons. The third kappa shape index (κ3) is 5.23. The van der Waals surface area contributed by atoms with Crippen molar-refractivity contribution in [3.8, 4) is 11.3 Å². The van der Waals surface area contributed by atoms with Gasteiger partial charge >= 0.3 is 11.6 Å². The van der Waals surface area contributed by atoms with Gasteiger partial charge in [0.05, 0.1) is 17.2 Å². The molecule has 0 saturated heterocycles. The van der Waals surface area contributed by atoms with Gasteiger partial charge in [-0.2, -0.15) is 8.42 Å². The lowest BCUT2D eigenvalue weighted by Crippen LogP contribution is -2.33. The van der Waals surface area contributed by atoms with E-state index in [9.17, 15) is 18.0 Å². The Labute approximate surface area is 212 Å². The van der Waals surface area contributed by atoms with E-state index in [0.717, 1.165) is 30.6 Å². The summed E-state index contributed by atoms with van der Waals surface area (Å²) in [6.07, 6.45) is 1.91. The number of nitrogens with zero attached hydrogens (tertiary/aromatic N) is 2. The predicted molar refractivity (Wildman–Crippen MR) is 139 cm³/mol. The van der Waals surface area contributed by atoms with Gasteiger partial charge in [0.25, 0.3) is 10.1 Å². The SMILES string of the molecule is CN1CCCc2cc3c(cc21)oc(=O)c1cc2ccc(=[N+](CCCS(=O)(=O)O)CCC(=O)O)cc-2oc13. The number of benzene rings is 2. The molecule has 0 radical (unpaired) electrons. The number of hydrogen-bond donors (Lipinski definition) is 2. The molecule has 0 fully saturated rings. The summed E-state index contributed by atoms with van der Waals surface area (Å²) in [5.41, 5.74) is 3.20. The Morgan fingerprint density at radius 3 is 2.68 bits per heavy atom. The molecule has 37 heavy (non-hydrogen) atoms. The second-order valence-electron chi connectivity index (χ2n) is 9.37. The van der Waals surface area contributed by atoms with Crippen LogP contribution in [-0.4, -0.2) is 56.5 Å². The average Bonchev–Trinajstić information content (AvgIpc) is 2.84. The van der Waals surface area contributed by atoms with Crippen LogP contribution in [0.15, 0.2) is 50.0 Å². The van der Waals surface area contributed by atoms with Gasteiger partial charge in [-0.25, -0.2) is 9.37 Å². The zero-order valence-corrected chi connectivity index (χ0v) is 21.1. The summed E-state index contributed by atoms with van der Waals surface area (Å²) in [6.45, 7) is 1.29. The first-order valence-electron chi connectivity index (χ1n) is 12.0. The van der Waals surface area contributed by atoms with E-state index in [4.69, 9.17) is 18.5 Å². The van der Waals surface area contributed by atoms with Gasteiger partial charge in [0, 0.05) is 43.4 Å². The van der Waals surface area contributed by atoms with E-state index in [1.54, 1.807) is 28.8 Å². The lowest BCUT2D eigenvalue weighted by Gasteiger charge is -2.27. The van der Waals surface area contributed by atoms with Gasteiger partial charge in [-0.1, -0.05) is 0 Å². The molecule has 2 aliphatic heterocycles. The van der Waals surface area contributed by atoms with Gasteiger partial charge in [-0.15, -0.1) is 0 Å². The third-order valence-corrected chi connectivity index (χ3v) is 7.55. The second-order valence-corrected chi connectivity index (χ2v) is 10.9. The molecule has 2 N–H and O–H groups in total. The van der Waals surface area contributed by atoms with Crippen molar-refractivity contribution in [2.24, 2.45) is 0 Å². The van der Waals surface area contributed by atoms with E-state index < -0.39 is 27.5 Å². The van der Waals surface area contributed by atoms with Gasteiger partial charge < -0.3 is 18.8 Å². The molecule has 3 heterocycles. The molecule has 10 nitrogen and oxygen atoms in total. The first-order valence-corrected chi connectivity index (χ1v) is 13.6. The summed E-state index contributed by atoms with van der Waals surface area (Å²) in [5.74, 6) is -0.925. The number of aryl methyl sites for hydroxylation is 1. The average molecular weight is 528 g/mol. The zero-order chi connectivity index (χ0) is 26.3. The standard InChI is InChI=1S/C26H26N2O8S/c1-27-8-2-4-16-12-19-23(15-21(16)27)36-26(31)20-13-17-5-6-18(14-22(17)35-25(19)20)28(10-7-24(29)30)9-3-11-37(32,33)34/h5-6,12-15H,2-4,7-11H2,1H3,(H-,29,30,32,33,34)/p+1. The fourth-order valence-corrected chi connectivity index (χ4v) is 5.41. The van der Waals surface area contributed by atoms with Crippen LogP contribution >= 0.6 is 0 Å². The number of aliphatic carboxylic acids is 1. The highest BCUT2D eigenvalue weighted by molar-refractivity contribution is 7.85. The molecule has 1 aliphatic carbocycles. The van der Waals surface area contributed by atoms with Crippen LogP contribution in [0.4, 0.5) is 5.69 Å². The summed E-state index contributed by atoms with van der Waals surface area (Å²) in [6, 6.07) is 10.9. The van der Waals surface area contributed by atoms with Crippen LogP contribution < -0.4 is 20.5 Å². The van der Waals surface area contributed by atoms with E-state index in [1.807, 2.05) is 19.2 Å². The highest BCUT2D eigenvalue weighted by Crippen LogP contribution is 2.35. The van der Waals surface area contributed by atoms with Crippen molar-refractivity contribution in [2.75, 3.05) is 37.3 Å². The van der Waals surface area contributed by atoms with Gasteiger partial charge in [-0.3, -0.25) is 9.35 Å². The van der Waals surface area contributed by atoms with Crippen LogP contribution in [-0.2, 0) is 21.3 Å². The Kier molecular flexibility index (Phi) is 6.50. The summed E-state index contributed by atoms with van der Waals surface area (Å²) in [7, 11) is -2.12. The molecule has 5 rings (SSSR count). The molecule has 0 saturated carbocycles. The Balaban J connectivity index is 1.68. The van der Waals surface area contributed by atoms with Crippen molar-refractivity contribution in [2.45, 2.75) is 25.7 Å². The molecule has 0 atom stereocenters. The van der Waals surface area contributed by atoms with Gasteiger partial charge in [0.15, 0.2) is 12.1 Å². The van der Waals surface area contributed by atoms with E-state index in [0.29, 0.717) is 38.6 Å². The van der Waals surface area contributed by atoms with Crippen molar-refractivity contribution in [1.29, 1.82) is 0 Å². The van der Waals surface area contributed by atoms with Crippen LogP contribution in [0.25, 0.3) is 33.3 Å². The van der Waals surface area contributed by atoms with E-state index >= 15 is 0 Å². The summed E-state index contributed by atoms with van der Waals surface area (Å²) in [5, 5.41) is 10.8. The van der Waals surface area contributed by atoms with E-state index in [-0.39, 0.29) is 25.9 Å². The molecular formula is C26H27N2O8S+. The fraction of sp³-hybridized carbons (Fsp3) is 0.346. The normalized spacial score (nSPS) is 14.8. The monoisotopic (exact) mass is 527 g/mol. The van der Waals surface area contributed by atoms with Crippen LogP contribution in [0.3, 0.4) is 0 Å². The molecular weight excluding hydrogens is 500 g/mol. The van der Waals surface area contributed by atoms with Crippen LogP contribution in [0.2, 0.25) is 0 Å². The number of carboxylic acid groups (broad SMARTS) is 1. The quantitative estimate of drug-likeness (QED) is 0.122. The van der Waals surface area contributed by atoms with Crippen molar-refractivity contribution in [3.63, 3.8) is 0 Å². The summed E-state index contributed by atoms with van der Waals surface area (Å²) in [4.78, 5) is 26.2. The summed E-state index contributed by atoms with van der Waals surface area (Å²) < 4.78 is 45.0. The summed E-state index contributed by atoms with van der Waals surface area (Å²) >= 11 is 0. The Morgan fingerprint density at radius 1 is 1.11 bits per heavy atom. The molecule has 1 aromatic heterocycles. The Morgan fingerprint density at radius 2 is 1.92 bits per heavy atom. The fourth-order valence-electron chi connectivity index (χ4n) is 4.92. The van der Waals surface area contributed by atoms with Crippen molar-refractivity contribution in [1.82, 2.24) is 4.58 Å². The topological polar surface area (TPSA) is 141 Å². The molecule has 0 unspecified atom stereocenters. The molecule has 1 aromatic carbocycles. The maximum Gasteiger partial charge on any atom is 0.347 e. The largest absolute Gasteiger partial charge is 0.481 e. The second kappa shape index (κ2) is 9.64. The first kappa shape index (κ1) is 25.0. The zero-order valence-electron chi connectivity index (χ0n) is 20.3. The minimum Gasteiger partial charge on any atom is -0.481 e. The van der Waals surface area contributed by atoms with E-state index in [2.05, 4.69) is 4.90 Å². The van der Waals surface area contributed by atoms with Crippen LogP contribution in [0, 0.1) is 0 Å². The van der Waals surface area contributed by atoms with Crippen molar-refractivity contribution < 1.29 is 31.7 Å². The molecule has 2 aromatic rings. The maximum atomic E-state index is 12.8. The Hall–Kier alpha value is -3.70. The van der Waals surface area contributed by atoms with Gasteiger partial charge in [0.2, 0.25) is 5.36 Å². The minimum absolute atomic E-state index is 0.122. The van der Waals surface area contributed by atoms with Crippen LogP contribution in [0.5, 0.6) is 0 Å². The highest BCUT2D eigenvalue weighted by Gasteiger charge is 2.21. The number of rotatable bonds is 7. The number of hydrogen-bond acceptors (Lipinski definition) is 7. The van der Waals surface area contributed by atoms with Crippen molar-refractivity contribution in [3.05, 3.63) is 57.7 Å². The lowest BCUT2D eigenvalue weighted by atomic mass is 9.99. The molecule has 0 spiro atoms. The highest BCUT2D eigenvalue weighted by atomic mass is 32.2. The predicted octanol–water partition coefficient (Wildman–Crippen LogP) is 2.55. The molecule has 0 bridgehead atoms. The smallest absolute Gasteiger partial charge is 0.347 e. The third-order valence-electron chi connectivity index (χ3n) is 6.74. The first-order chi connectivity index (χ1) is 17.6. The number of fused-ring (bicyclic) bond motifs is 5. The van der Waals surface area contributed by atoms with E-state index in [1.165, 1.54) is 0 Å². The molecule has 3 aliphatic rings.